The van der Waals surface area contributed by atoms with Gasteiger partial charge in [0, 0.05) is 38.1 Å². The molecule has 2 saturated heterocycles. The van der Waals surface area contributed by atoms with E-state index in [9.17, 15) is 4.79 Å². The van der Waals surface area contributed by atoms with E-state index in [-0.39, 0.29) is 18.1 Å². The third-order valence-electron chi connectivity index (χ3n) is 6.25. The van der Waals surface area contributed by atoms with Crippen LogP contribution in [0.3, 0.4) is 0 Å². The van der Waals surface area contributed by atoms with Crippen molar-refractivity contribution in [3.05, 3.63) is 30.5 Å². The molecule has 2 N–H and O–H groups in total. The number of carbonyl (C=O) groups excluding carboxylic acids is 1. The third-order valence-corrected chi connectivity index (χ3v) is 6.25. The molecule has 2 aliphatic rings. The van der Waals surface area contributed by atoms with Crippen LogP contribution in [0.2, 0.25) is 0 Å². The normalized spacial score (nSPS) is 19.6. The lowest BCUT2D eigenvalue weighted by atomic mass is 10.1. The van der Waals surface area contributed by atoms with Crippen molar-refractivity contribution < 1.29 is 14.3 Å². The quantitative estimate of drug-likeness (QED) is 0.628. The van der Waals surface area contributed by atoms with Gasteiger partial charge in [0.05, 0.1) is 42.6 Å². The van der Waals surface area contributed by atoms with Crippen molar-refractivity contribution in [3.8, 4) is 11.3 Å². The number of anilines is 2. The van der Waals surface area contributed by atoms with Crippen LogP contribution in [-0.2, 0) is 9.47 Å². The van der Waals surface area contributed by atoms with Crippen LogP contribution < -0.4 is 15.5 Å². The number of urea groups is 1. The van der Waals surface area contributed by atoms with Gasteiger partial charge < -0.3 is 25.0 Å². The van der Waals surface area contributed by atoms with E-state index in [0.29, 0.717) is 24.8 Å². The van der Waals surface area contributed by atoms with E-state index < -0.39 is 0 Å². The zero-order valence-electron chi connectivity index (χ0n) is 19.0. The van der Waals surface area contributed by atoms with E-state index in [1.54, 1.807) is 7.05 Å². The lowest BCUT2D eigenvalue weighted by Crippen LogP contribution is -2.44. The summed E-state index contributed by atoms with van der Waals surface area (Å²) in [7, 11) is 1.59. The van der Waals surface area contributed by atoms with Crippen molar-refractivity contribution in [3.63, 3.8) is 0 Å². The zero-order valence-corrected chi connectivity index (χ0v) is 19.0. The van der Waals surface area contributed by atoms with Crippen LogP contribution >= 0.6 is 0 Å². The van der Waals surface area contributed by atoms with E-state index in [4.69, 9.17) is 24.5 Å². The Kier molecular flexibility index (Phi) is 6.10. The minimum Gasteiger partial charge on any atom is -0.381 e. The summed E-state index contributed by atoms with van der Waals surface area (Å²) in [6.07, 6.45) is 3.70. The standard InChI is InChI=1S/C23H29N7O3/c1-15-14-33-12-9-29(15)22-27-20(16-3-5-17(6-4-16)26-23(31)24-2)19-13-25-30(21(19)28-22)18-7-10-32-11-8-18/h3-6,13,15,18H,7-12,14H2,1-2H3,(H2,24,26,31)/t15-/m1/s1. The monoisotopic (exact) mass is 451 g/mol. The molecule has 2 aromatic heterocycles. The van der Waals surface area contributed by atoms with Gasteiger partial charge in [0.1, 0.15) is 0 Å². The molecule has 0 spiro atoms. The Balaban J connectivity index is 1.59. The van der Waals surface area contributed by atoms with Crippen LogP contribution in [-0.4, -0.2) is 71.8 Å². The molecular formula is C23H29N7O3. The number of amides is 2. The molecule has 0 bridgehead atoms. The van der Waals surface area contributed by atoms with Gasteiger partial charge in [-0.25, -0.2) is 14.5 Å². The highest BCUT2D eigenvalue weighted by Crippen LogP contribution is 2.32. The first-order valence-electron chi connectivity index (χ1n) is 11.4. The van der Waals surface area contributed by atoms with E-state index >= 15 is 0 Å². The van der Waals surface area contributed by atoms with E-state index in [2.05, 4.69) is 22.5 Å². The number of aromatic nitrogens is 4. The van der Waals surface area contributed by atoms with Crippen molar-refractivity contribution >= 4 is 28.7 Å². The zero-order chi connectivity index (χ0) is 22.8. The van der Waals surface area contributed by atoms with Gasteiger partial charge >= 0.3 is 6.03 Å². The van der Waals surface area contributed by atoms with Crippen molar-refractivity contribution in [2.45, 2.75) is 31.8 Å². The second-order valence-corrected chi connectivity index (χ2v) is 8.44. The molecule has 2 aliphatic heterocycles. The number of ether oxygens (including phenoxy) is 2. The fraction of sp³-hybridized carbons (Fsp3) is 0.478. The van der Waals surface area contributed by atoms with Crippen LogP contribution in [0.5, 0.6) is 0 Å². The van der Waals surface area contributed by atoms with Gasteiger partial charge in [0.2, 0.25) is 5.95 Å². The van der Waals surface area contributed by atoms with Gasteiger partial charge in [-0.3, -0.25) is 0 Å². The maximum atomic E-state index is 11.6. The average molecular weight is 452 g/mol. The fourth-order valence-corrected chi connectivity index (χ4v) is 4.39. The summed E-state index contributed by atoms with van der Waals surface area (Å²) in [5.74, 6) is 0.690. The van der Waals surface area contributed by atoms with Crippen LogP contribution in [0.1, 0.15) is 25.8 Å². The molecule has 4 heterocycles. The van der Waals surface area contributed by atoms with Crippen molar-refractivity contribution in [2.24, 2.45) is 0 Å². The minimum atomic E-state index is -0.256. The van der Waals surface area contributed by atoms with Gasteiger partial charge in [-0.15, -0.1) is 0 Å². The van der Waals surface area contributed by atoms with Crippen molar-refractivity contribution in [1.29, 1.82) is 0 Å². The largest absolute Gasteiger partial charge is 0.381 e. The molecule has 10 heteroatoms. The Morgan fingerprint density at radius 2 is 1.88 bits per heavy atom. The van der Waals surface area contributed by atoms with Gasteiger partial charge in [-0.2, -0.15) is 10.1 Å². The van der Waals surface area contributed by atoms with Crippen LogP contribution in [0.25, 0.3) is 22.3 Å². The van der Waals surface area contributed by atoms with E-state index in [1.165, 1.54) is 0 Å². The predicted molar refractivity (Wildman–Crippen MR) is 126 cm³/mol. The summed E-state index contributed by atoms with van der Waals surface area (Å²) in [6, 6.07) is 7.86. The molecule has 3 aromatic rings. The summed E-state index contributed by atoms with van der Waals surface area (Å²) >= 11 is 0. The highest BCUT2D eigenvalue weighted by molar-refractivity contribution is 5.93. The van der Waals surface area contributed by atoms with Gasteiger partial charge in [-0.05, 0) is 31.9 Å². The molecule has 174 valence electrons. The SMILES string of the molecule is CNC(=O)Nc1ccc(-c2nc(N3CCOC[C@H]3C)nc3c2cnn3C2CCOCC2)cc1. The summed E-state index contributed by atoms with van der Waals surface area (Å²) in [4.78, 5) is 23.8. The second-order valence-electron chi connectivity index (χ2n) is 8.44. The molecule has 2 fully saturated rings. The Hall–Kier alpha value is -3.24. The molecule has 0 unspecified atom stereocenters. The molecule has 1 aromatic carbocycles. The highest BCUT2D eigenvalue weighted by Gasteiger charge is 2.26. The number of morpholine rings is 1. The highest BCUT2D eigenvalue weighted by atomic mass is 16.5. The van der Waals surface area contributed by atoms with Crippen molar-refractivity contribution in [2.75, 3.05) is 50.2 Å². The number of benzene rings is 1. The number of carbonyl (C=O) groups is 1. The fourth-order valence-electron chi connectivity index (χ4n) is 4.39. The third kappa shape index (κ3) is 4.36. The number of nitrogens with zero attached hydrogens (tertiary/aromatic N) is 5. The Morgan fingerprint density at radius 3 is 2.61 bits per heavy atom. The number of hydrogen-bond acceptors (Lipinski definition) is 7. The van der Waals surface area contributed by atoms with Crippen LogP contribution in [0.4, 0.5) is 16.4 Å². The first-order chi connectivity index (χ1) is 16.1. The maximum absolute atomic E-state index is 11.6. The lowest BCUT2D eigenvalue weighted by molar-refractivity contribution is 0.0673. The van der Waals surface area contributed by atoms with Crippen LogP contribution in [0.15, 0.2) is 30.5 Å². The number of fused-ring (bicyclic) bond motifs is 1. The minimum absolute atomic E-state index is 0.183. The second kappa shape index (κ2) is 9.32. The van der Waals surface area contributed by atoms with E-state index in [1.807, 2.05) is 35.1 Å². The maximum Gasteiger partial charge on any atom is 0.318 e. The van der Waals surface area contributed by atoms with Crippen LogP contribution in [0, 0.1) is 0 Å². The number of nitrogens with one attached hydrogen (secondary N) is 2. The molecule has 5 rings (SSSR count). The summed E-state index contributed by atoms with van der Waals surface area (Å²) in [6.45, 7) is 5.64. The smallest absolute Gasteiger partial charge is 0.318 e. The van der Waals surface area contributed by atoms with Gasteiger partial charge in [-0.1, -0.05) is 12.1 Å². The number of hydrogen-bond donors (Lipinski definition) is 2. The first-order valence-corrected chi connectivity index (χ1v) is 11.4. The first kappa shape index (κ1) is 21.6. The number of rotatable bonds is 4. The Morgan fingerprint density at radius 1 is 1.09 bits per heavy atom. The summed E-state index contributed by atoms with van der Waals surface area (Å²) in [5, 5.41) is 11.0. The Bertz CT molecular complexity index is 1130. The molecule has 10 nitrogen and oxygen atoms in total. The topological polar surface area (TPSA) is 106 Å². The molecular weight excluding hydrogens is 422 g/mol. The van der Waals surface area contributed by atoms with Crippen molar-refractivity contribution in [1.82, 2.24) is 25.1 Å². The van der Waals surface area contributed by atoms with Gasteiger partial charge in [0.25, 0.3) is 0 Å². The predicted octanol–water partition coefficient (Wildman–Crippen LogP) is 2.82. The van der Waals surface area contributed by atoms with Gasteiger partial charge in [0.15, 0.2) is 5.65 Å². The summed E-state index contributed by atoms with van der Waals surface area (Å²) in [5.41, 5.74) is 3.33. The summed E-state index contributed by atoms with van der Waals surface area (Å²) < 4.78 is 13.2. The molecule has 0 saturated carbocycles. The Labute approximate surface area is 192 Å². The molecule has 0 radical (unpaired) electrons. The molecule has 33 heavy (non-hydrogen) atoms. The molecule has 2 amide bonds. The molecule has 1 atom stereocenters. The van der Waals surface area contributed by atoms with E-state index in [0.717, 1.165) is 54.9 Å². The lowest BCUT2D eigenvalue weighted by Gasteiger charge is -2.33. The average Bonchev–Trinajstić information content (AvgIpc) is 3.29. The molecule has 0 aliphatic carbocycles.